The molecule has 2 rings (SSSR count). The maximum absolute atomic E-state index is 12.4. The van der Waals surface area contributed by atoms with Crippen LogP contribution in [0.25, 0.3) is 6.08 Å². The van der Waals surface area contributed by atoms with Crippen molar-refractivity contribution < 1.29 is 14.3 Å². The number of esters is 1. The molecule has 148 valence electrons. The molecule has 2 aromatic rings. The Kier molecular flexibility index (Phi) is 6.54. The summed E-state index contributed by atoms with van der Waals surface area (Å²) in [7, 11) is 1.29. The highest BCUT2D eigenvalue weighted by Gasteiger charge is 2.16. The van der Waals surface area contributed by atoms with Crippen LogP contribution >= 0.6 is 0 Å². The number of hydrogen-bond acceptors (Lipinski definition) is 6. The number of aromatic nitrogens is 2. The van der Waals surface area contributed by atoms with E-state index in [1.165, 1.54) is 23.8 Å². The average molecular weight is 386 g/mol. The third-order valence-corrected chi connectivity index (χ3v) is 4.11. The first-order chi connectivity index (χ1) is 13.3. The van der Waals surface area contributed by atoms with Crippen molar-refractivity contribution in [2.24, 2.45) is 0 Å². The monoisotopic (exact) mass is 386 g/mol. The zero-order valence-electron chi connectivity index (χ0n) is 15.9. The van der Waals surface area contributed by atoms with Crippen molar-refractivity contribution in [1.29, 1.82) is 0 Å². The molecule has 0 atom stereocenters. The lowest BCUT2D eigenvalue weighted by Gasteiger charge is -2.14. The number of carbonyl (C=O) groups is 2. The summed E-state index contributed by atoms with van der Waals surface area (Å²) in [5.74, 6) is -1.13. The van der Waals surface area contributed by atoms with Gasteiger partial charge in [-0.15, -0.1) is 0 Å². The van der Waals surface area contributed by atoms with Gasteiger partial charge >= 0.3 is 11.7 Å². The lowest BCUT2D eigenvalue weighted by molar-refractivity contribution is -0.111. The molecule has 0 fully saturated rings. The Balaban J connectivity index is 2.26. The third kappa shape index (κ3) is 4.20. The zero-order chi connectivity index (χ0) is 20.8. The van der Waals surface area contributed by atoms with Crippen LogP contribution in [0.5, 0.6) is 0 Å². The molecule has 28 heavy (non-hydrogen) atoms. The molecule has 0 bridgehead atoms. The summed E-state index contributed by atoms with van der Waals surface area (Å²) < 4.78 is 6.84. The van der Waals surface area contributed by atoms with Gasteiger partial charge in [0.05, 0.1) is 12.7 Å². The number of anilines is 2. The fraction of sp³-hybridized carbons (Fsp3) is 0.263. The quantitative estimate of drug-likeness (QED) is 0.565. The Morgan fingerprint density at radius 1 is 1.11 bits per heavy atom. The molecule has 0 saturated carbocycles. The fourth-order valence-electron chi connectivity index (χ4n) is 2.60. The molecule has 9 nitrogen and oxygen atoms in total. The van der Waals surface area contributed by atoms with E-state index < -0.39 is 23.1 Å². The van der Waals surface area contributed by atoms with E-state index in [0.717, 1.165) is 4.57 Å². The predicted molar refractivity (Wildman–Crippen MR) is 106 cm³/mol. The number of nitrogen functional groups attached to an aromatic ring is 1. The van der Waals surface area contributed by atoms with Gasteiger partial charge in [-0.2, -0.15) is 0 Å². The second-order valence-electron chi connectivity index (χ2n) is 5.77. The maximum Gasteiger partial charge on any atom is 0.337 e. The summed E-state index contributed by atoms with van der Waals surface area (Å²) in [5.41, 5.74) is 5.64. The summed E-state index contributed by atoms with van der Waals surface area (Å²) in [6.45, 7) is 3.79. The second kappa shape index (κ2) is 8.85. The minimum Gasteiger partial charge on any atom is -0.465 e. The summed E-state index contributed by atoms with van der Waals surface area (Å²) >= 11 is 0. The number of ether oxygens (including phenoxy) is 1. The highest BCUT2D eigenvalue weighted by Crippen LogP contribution is 2.12. The van der Waals surface area contributed by atoms with Gasteiger partial charge in [-0.05, 0) is 37.6 Å². The van der Waals surface area contributed by atoms with Gasteiger partial charge in [0.25, 0.3) is 5.56 Å². The number of benzene rings is 1. The number of nitrogens with one attached hydrogen (secondary N) is 1. The van der Waals surface area contributed by atoms with Crippen molar-refractivity contribution in [3.8, 4) is 0 Å². The molecular weight excluding hydrogens is 364 g/mol. The van der Waals surface area contributed by atoms with Crippen LogP contribution in [0.3, 0.4) is 0 Å². The van der Waals surface area contributed by atoms with Crippen molar-refractivity contribution in [3.05, 3.63) is 62.3 Å². The van der Waals surface area contributed by atoms with Crippen LogP contribution < -0.4 is 22.3 Å². The second-order valence-corrected chi connectivity index (χ2v) is 5.77. The molecule has 1 aromatic heterocycles. The minimum atomic E-state index is -0.654. The molecular formula is C19H22N4O5. The molecule has 0 saturated heterocycles. The molecule has 1 heterocycles. The predicted octanol–water partition coefficient (Wildman–Crippen LogP) is 1.07. The number of methoxy groups -OCH3 is 1. The molecule has 0 spiro atoms. The van der Waals surface area contributed by atoms with E-state index in [9.17, 15) is 19.2 Å². The first kappa shape index (κ1) is 20.7. The van der Waals surface area contributed by atoms with Gasteiger partial charge in [0.15, 0.2) is 0 Å². The van der Waals surface area contributed by atoms with E-state index in [2.05, 4.69) is 10.1 Å². The first-order valence-corrected chi connectivity index (χ1v) is 8.64. The van der Waals surface area contributed by atoms with Crippen LogP contribution in [0, 0.1) is 0 Å². The van der Waals surface area contributed by atoms with Gasteiger partial charge in [-0.1, -0.05) is 12.1 Å². The Morgan fingerprint density at radius 3 is 2.25 bits per heavy atom. The number of nitrogens with zero attached hydrogens (tertiary/aromatic N) is 2. The van der Waals surface area contributed by atoms with Gasteiger partial charge < -0.3 is 15.8 Å². The number of nitrogens with two attached hydrogens (primary N) is 1. The lowest BCUT2D eigenvalue weighted by Crippen LogP contribution is -2.42. The van der Waals surface area contributed by atoms with E-state index in [1.54, 1.807) is 38.1 Å². The Labute approximate surface area is 161 Å². The van der Waals surface area contributed by atoms with Gasteiger partial charge in [0, 0.05) is 19.2 Å². The lowest BCUT2D eigenvalue weighted by atomic mass is 10.1. The van der Waals surface area contributed by atoms with Gasteiger partial charge in [-0.3, -0.25) is 18.7 Å². The highest BCUT2D eigenvalue weighted by atomic mass is 16.5. The normalized spacial score (nSPS) is 10.8. The largest absolute Gasteiger partial charge is 0.465 e. The van der Waals surface area contributed by atoms with Gasteiger partial charge in [-0.25, -0.2) is 9.59 Å². The highest BCUT2D eigenvalue weighted by molar-refractivity contribution is 6.03. The average Bonchev–Trinajstić information content (AvgIpc) is 2.70. The standard InChI is InChI=1S/C19H22N4O5/c1-4-22-16(20)15(17(25)23(5-2)19(22)27)21-14(24)11-8-12-6-9-13(10-7-12)18(26)28-3/h6-11H,4-5,20H2,1-3H3,(H,21,24)/b11-8+. The Hall–Kier alpha value is -3.62. The Bertz CT molecular complexity index is 1030. The number of carbonyl (C=O) groups excluding carboxylic acids is 2. The van der Waals surface area contributed by atoms with E-state index in [0.29, 0.717) is 11.1 Å². The van der Waals surface area contributed by atoms with Gasteiger partial charge in [0.1, 0.15) is 11.5 Å². The van der Waals surface area contributed by atoms with E-state index in [1.807, 2.05) is 0 Å². The van der Waals surface area contributed by atoms with Crippen LogP contribution in [0.4, 0.5) is 11.5 Å². The first-order valence-electron chi connectivity index (χ1n) is 8.64. The molecule has 1 aromatic carbocycles. The summed E-state index contributed by atoms with van der Waals surface area (Å²) in [5, 5.41) is 2.45. The molecule has 3 N–H and O–H groups in total. The van der Waals surface area contributed by atoms with Crippen molar-refractivity contribution in [2.75, 3.05) is 18.2 Å². The molecule has 9 heteroatoms. The van der Waals surface area contributed by atoms with Crippen molar-refractivity contribution in [1.82, 2.24) is 9.13 Å². The van der Waals surface area contributed by atoms with E-state index in [-0.39, 0.29) is 24.6 Å². The summed E-state index contributed by atoms with van der Waals surface area (Å²) in [6.07, 6.45) is 2.74. The number of hydrogen-bond donors (Lipinski definition) is 2. The van der Waals surface area contributed by atoms with Gasteiger partial charge in [0.2, 0.25) is 5.91 Å². The molecule has 0 radical (unpaired) electrons. The summed E-state index contributed by atoms with van der Waals surface area (Å²) in [6, 6.07) is 6.42. The number of rotatable bonds is 6. The van der Waals surface area contributed by atoms with Crippen molar-refractivity contribution >= 4 is 29.5 Å². The number of amides is 1. The van der Waals surface area contributed by atoms with E-state index in [4.69, 9.17) is 5.73 Å². The van der Waals surface area contributed by atoms with Crippen molar-refractivity contribution in [2.45, 2.75) is 26.9 Å². The Morgan fingerprint density at radius 2 is 1.71 bits per heavy atom. The van der Waals surface area contributed by atoms with Crippen LogP contribution in [0.1, 0.15) is 29.8 Å². The molecule has 0 aliphatic carbocycles. The molecule has 0 aliphatic heterocycles. The SMILES string of the molecule is CCn1c(N)c(NC(=O)/C=C/c2ccc(C(=O)OC)cc2)c(=O)n(CC)c1=O. The molecule has 0 unspecified atom stereocenters. The zero-order valence-corrected chi connectivity index (χ0v) is 15.9. The third-order valence-electron chi connectivity index (χ3n) is 4.11. The fourth-order valence-corrected chi connectivity index (χ4v) is 2.60. The van der Waals surface area contributed by atoms with Crippen molar-refractivity contribution in [3.63, 3.8) is 0 Å². The molecule has 1 amide bonds. The van der Waals surface area contributed by atoms with Crippen LogP contribution in [0.2, 0.25) is 0 Å². The minimum absolute atomic E-state index is 0.0913. The maximum atomic E-state index is 12.4. The summed E-state index contributed by atoms with van der Waals surface area (Å²) in [4.78, 5) is 48.3. The van der Waals surface area contributed by atoms with Crippen LogP contribution in [-0.4, -0.2) is 28.1 Å². The van der Waals surface area contributed by atoms with Crippen LogP contribution in [-0.2, 0) is 22.6 Å². The van der Waals surface area contributed by atoms with E-state index >= 15 is 0 Å². The smallest absolute Gasteiger partial charge is 0.337 e. The molecule has 0 aliphatic rings. The topological polar surface area (TPSA) is 125 Å². The van der Waals surface area contributed by atoms with Crippen LogP contribution in [0.15, 0.2) is 39.9 Å².